The lowest BCUT2D eigenvalue weighted by Crippen LogP contribution is -2.29. The van der Waals surface area contributed by atoms with E-state index in [2.05, 4.69) is 27.2 Å². The van der Waals surface area contributed by atoms with Gasteiger partial charge < -0.3 is 5.32 Å². The van der Waals surface area contributed by atoms with Gasteiger partial charge in [0.15, 0.2) is 5.65 Å². The summed E-state index contributed by atoms with van der Waals surface area (Å²) < 4.78 is 15.5. The van der Waals surface area contributed by atoms with Gasteiger partial charge in [0.05, 0.1) is 11.7 Å². The maximum Gasteiger partial charge on any atom is 0.181 e. The summed E-state index contributed by atoms with van der Waals surface area (Å²) in [5, 5.41) is 9.17. The highest BCUT2D eigenvalue weighted by Gasteiger charge is 2.18. The van der Waals surface area contributed by atoms with Gasteiger partial charge in [-0.05, 0) is 74.0 Å². The van der Waals surface area contributed by atoms with E-state index in [-0.39, 0.29) is 5.82 Å². The molecule has 5 nitrogen and oxygen atoms in total. The molecule has 1 fully saturated rings. The standard InChI is InChI=1S/C22H20FN5/c23-18-3-1-16(2-4-18)21-20(15-5-9-24-10-6-15)13-17-14-28(27-22(17)26-21)19-7-11-25-12-8-19/h1-6,9-10,13-14,19,25H,7-8,11-12H2. The normalized spacial score (nSPS) is 15.2. The molecule has 1 aliphatic rings. The van der Waals surface area contributed by atoms with Gasteiger partial charge in [0.25, 0.3) is 0 Å². The van der Waals surface area contributed by atoms with Crippen LogP contribution in [-0.2, 0) is 0 Å². The van der Waals surface area contributed by atoms with E-state index in [0.717, 1.165) is 59.3 Å². The van der Waals surface area contributed by atoms with Crippen LogP contribution in [0.1, 0.15) is 18.9 Å². The number of pyridine rings is 2. The van der Waals surface area contributed by atoms with Gasteiger partial charge in [0.2, 0.25) is 0 Å². The maximum absolute atomic E-state index is 13.4. The van der Waals surface area contributed by atoms with Crippen molar-refractivity contribution in [2.75, 3.05) is 13.1 Å². The number of nitrogens with one attached hydrogen (secondary N) is 1. The molecule has 1 aliphatic heterocycles. The Morgan fingerprint density at radius 1 is 0.964 bits per heavy atom. The molecule has 0 radical (unpaired) electrons. The lowest BCUT2D eigenvalue weighted by Gasteiger charge is -2.22. The molecular formula is C22H20FN5. The van der Waals surface area contributed by atoms with Gasteiger partial charge in [-0.15, -0.1) is 0 Å². The van der Waals surface area contributed by atoms with Crippen molar-refractivity contribution in [3.63, 3.8) is 0 Å². The minimum Gasteiger partial charge on any atom is -0.317 e. The summed E-state index contributed by atoms with van der Waals surface area (Å²) in [5.74, 6) is -0.259. The van der Waals surface area contributed by atoms with Gasteiger partial charge in [-0.3, -0.25) is 9.67 Å². The molecule has 0 spiro atoms. The fourth-order valence-corrected chi connectivity index (χ4v) is 3.81. The van der Waals surface area contributed by atoms with Crippen LogP contribution in [0.5, 0.6) is 0 Å². The van der Waals surface area contributed by atoms with Crippen molar-refractivity contribution >= 4 is 11.0 Å². The van der Waals surface area contributed by atoms with E-state index in [4.69, 9.17) is 10.1 Å². The van der Waals surface area contributed by atoms with Crippen LogP contribution in [0.15, 0.2) is 61.1 Å². The van der Waals surface area contributed by atoms with Crippen molar-refractivity contribution in [2.24, 2.45) is 0 Å². The maximum atomic E-state index is 13.4. The van der Waals surface area contributed by atoms with Crippen molar-refractivity contribution in [2.45, 2.75) is 18.9 Å². The molecule has 0 amide bonds. The predicted molar refractivity (Wildman–Crippen MR) is 107 cm³/mol. The van der Waals surface area contributed by atoms with Crippen molar-refractivity contribution in [3.8, 4) is 22.4 Å². The number of aromatic nitrogens is 4. The highest BCUT2D eigenvalue weighted by Crippen LogP contribution is 2.33. The summed E-state index contributed by atoms with van der Waals surface area (Å²) in [6, 6.07) is 12.9. The quantitative estimate of drug-likeness (QED) is 0.584. The average molecular weight is 373 g/mol. The Bertz CT molecular complexity index is 1100. The van der Waals surface area contributed by atoms with E-state index in [9.17, 15) is 4.39 Å². The lowest BCUT2D eigenvalue weighted by molar-refractivity contribution is 0.344. The lowest BCUT2D eigenvalue weighted by atomic mass is 9.99. The zero-order chi connectivity index (χ0) is 18.9. The second kappa shape index (κ2) is 7.13. The Hall–Kier alpha value is -3.12. The predicted octanol–water partition coefficient (Wildman–Crippen LogP) is 4.22. The van der Waals surface area contributed by atoms with Crippen LogP contribution in [0, 0.1) is 5.82 Å². The van der Waals surface area contributed by atoms with E-state index in [1.165, 1.54) is 12.1 Å². The molecule has 0 atom stereocenters. The van der Waals surface area contributed by atoms with Gasteiger partial charge in [-0.1, -0.05) is 0 Å². The van der Waals surface area contributed by atoms with Gasteiger partial charge in [-0.25, -0.2) is 9.37 Å². The number of fused-ring (bicyclic) bond motifs is 1. The molecule has 1 saturated heterocycles. The summed E-state index contributed by atoms with van der Waals surface area (Å²) in [4.78, 5) is 9.00. The first kappa shape index (κ1) is 17.0. The van der Waals surface area contributed by atoms with Crippen LogP contribution in [0.2, 0.25) is 0 Å². The fraction of sp³-hybridized carbons (Fsp3) is 0.227. The molecule has 5 rings (SSSR count). The number of hydrogen-bond acceptors (Lipinski definition) is 4. The van der Waals surface area contributed by atoms with Crippen LogP contribution in [0.3, 0.4) is 0 Å². The van der Waals surface area contributed by atoms with E-state index < -0.39 is 0 Å². The molecule has 4 heterocycles. The van der Waals surface area contributed by atoms with E-state index in [1.54, 1.807) is 24.5 Å². The third-order valence-corrected chi connectivity index (χ3v) is 5.30. The van der Waals surface area contributed by atoms with Crippen LogP contribution in [0.25, 0.3) is 33.4 Å². The average Bonchev–Trinajstić information content (AvgIpc) is 3.18. The Morgan fingerprint density at radius 3 is 2.46 bits per heavy atom. The topological polar surface area (TPSA) is 55.6 Å². The number of halogens is 1. The first-order valence-corrected chi connectivity index (χ1v) is 9.55. The summed E-state index contributed by atoms with van der Waals surface area (Å²) in [6.45, 7) is 2.02. The number of benzene rings is 1. The molecular weight excluding hydrogens is 353 g/mol. The van der Waals surface area contributed by atoms with Crippen LogP contribution >= 0.6 is 0 Å². The fourth-order valence-electron chi connectivity index (χ4n) is 3.81. The Kier molecular flexibility index (Phi) is 4.33. The molecule has 140 valence electrons. The van der Waals surface area contributed by atoms with Gasteiger partial charge in [0, 0.05) is 35.1 Å². The Morgan fingerprint density at radius 2 is 1.71 bits per heavy atom. The summed E-state index contributed by atoms with van der Waals surface area (Å²) in [6.07, 6.45) is 7.77. The van der Waals surface area contributed by atoms with Crippen molar-refractivity contribution in [1.29, 1.82) is 0 Å². The molecule has 3 aromatic heterocycles. The second-order valence-corrected chi connectivity index (χ2v) is 7.13. The number of hydrogen-bond donors (Lipinski definition) is 1. The van der Waals surface area contributed by atoms with E-state index in [0.29, 0.717) is 6.04 Å². The zero-order valence-electron chi connectivity index (χ0n) is 15.3. The summed E-state index contributed by atoms with van der Waals surface area (Å²) in [5.41, 5.74) is 4.40. The molecule has 4 aromatic rings. The largest absolute Gasteiger partial charge is 0.317 e. The zero-order valence-corrected chi connectivity index (χ0v) is 15.3. The van der Waals surface area contributed by atoms with E-state index in [1.807, 2.05) is 12.1 Å². The number of rotatable bonds is 3. The monoisotopic (exact) mass is 373 g/mol. The van der Waals surface area contributed by atoms with Gasteiger partial charge >= 0.3 is 0 Å². The molecule has 0 bridgehead atoms. The first-order valence-electron chi connectivity index (χ1n) is 9.55. The number of piperidine rings is 1. The minimum atomic E-state index is -0.259. The Labute approximate surface area is 162 Å². The minimum absolute atomic E-state index is 0.259. The van der Waals surface area contributed by atoms with E-state index >= 15 is 0 Å². The molecule has 0 aliphatic carbocycles. The number of nitrogens with zero attached hydrogens (tertiary/aromatic N) is 4. The van der Waals surface area contributed by atoms with Crippen molar-refractivity contribution in [1.82, 2.24) is 25.1 Å². The van der Waals surface area contributed by atoms with Crippen LogP contribution < -0.4 is 5.32 Å². The molecule has 0 saturated carbocycles. The molecule has 1 N–H and O–H groups in total. The molecule has 6 heteroatoms. The molecule has 1 aromatic carbocycles. The highest BCUT2D eigenvalue weighted by molar-refractivity contribution is 5.89. The third kappa shape index (κ3) is 3.16. The summed E-state index contributed by atoms with van der Waals surface area (Å²) in [7, 11) is 0. The van der Waals surface area contributed by atoms with Gasteiger partial charge in [0.1, 0.15) is 5.82 Å². The van der Waals surface area contributed by atoms with Crippen molar-refractivity contribution < 1.29 is 4.39 Å². The van der Waals surface area contributed by atoms with Crippen molar-refractivity contribution in [3.05, 3.63) is 66.9 Å². The van der Waals surface area contributed by atoms with Crippen LogP contribution in [0.4, 0.5) is 4.39 Å². The SMILES string of the molecule is Fc1ccc(-c2nc3nn(C4CCNCC4)cc3cc2-c2ccncc2)cc1. The van der Waals surface area contributed by atoms with Crippen LogP contribution in [-0.4, -0.2) is 32.8 Å². The molecule has 28 heavy (non-hydrogen) atoms. The Balaban J connectivity index is 1.67. The van der Waals surface area contributed by atoms with Gasteiger partial charge in [-0.2, -0.15) is 5.10 Å². The smallest absolute Gasteiger partial charge is 0.181 e. The second-order valence-electron chi connectivity index (χ2n) is 7.13. The first-order chi connectivity index (χ1) is 13.8. The highest BCUT2D eigenvalue weighted by atomic mass is 19.1. The summed E-state index contributed by atoms with van der Waals surface area (Å²) >= 11 is 0. The third-order valence-electron chi connectivity index (χ3n) is 5.30. The molecule has 0 unspecified atom stereocenters.